The molecular weight excluding hydrogens is 224 g/mol. The molecule has 1 N–H and O–H groups in total. The van der Waals surface area contributed by atoms with Crippen LogP contribution in [0, 0.1) is 11.3 Å². The normalized spacial score (nSPS) is 25.6. The Kier molecular flexibility index (Phi) is 4.60. The van der Waals surface area contributed by atoms with E-state index in [4.69, 9.17) is 0 Å². The minimum Gasteiger partial charge on any atom is -0.299 e. The van der Waals surface area contributed by atoms with E-state index in [1.807, 2.05) is 6.92 Å². The molecule has 1 atom stereocenters. The van der Waals surface area contributed by atoms with Gasteiger partial charge in [-0.15, -0.1) is 0 Å². The van der Waals surface area contributed by atoms with Gasteiger partial charge in [0.15, 0.2) is 0 Å². The number of rotatable bonds is 6. The van der Waals surface area contributed by atoms with Crippen LogP contribution in [0.5, 0.6) is 0 Å². The first-order chi connectivity index (χ1) is 8.67. The van der Waals surface area contributed by atoms with E-state index in [2.05, 4.69) is 28.1 Å². The first-order valence-electron chi connectivity index (χ1n) is 7.29. The van der Waals surface area contributed by atoms with Gasteiger partial charge in [-0.05, 0) is 32.7 Å². The van der Waals surface area contributed by atoms with Gasteiger partial charge in [-0.3, -0.25) is 15.1 Å². The fourth-order valence-electron chi connectivity index (χ4n) is 2.71. The molecular formula is C14H26N4. The Morgan fingerprint density at radius 1 is 1.28 bits per heavy atom. The van der Waals surface area contributed by atoms with Gasteiger partial charge < -0.3 is 0 Å². The van der Waals surface area contributed by atoms with Gasteiger partial charge in [-0.25, -0.2) is 0 Å². The van der Waals surface area contributed by atoms with Gasteiger partial charge in [0.05, 0.1) is 6.07 Å². The highest BCUT2D eigenvalue weighted by atomic mass is 15.3. The van der Waals surface area contributed by atoms with Crippen molar-refractivity contribution in [3.8, 4) is 6.07 Å². The standard InChI is InChI=1S/C14H26N4/c1-3-6-16-14(2,11-15)12-17-7-9-18(10-8-17)13-4-5-13/h13,16H,3-10,12H2,1-2H3. The minimum atomic E-state index is -0.391. The van der Waals surface area contributed by atoms with Gasteiger partial charge in [0.25, 0.3) is 0 Å². The Hall–Kier alpha value is -0.630. The lowest BCUT2D eigenvalue weighted by Gasteiger charge is -2.38. The topological polar surface area (TPSA) is 42.3 Å². The molecule has 0 aromatic heterocycles. The van der Waals surface area contributed by atoms with Crippen LogP contribution in [0.4, 0.5) is 0 Å². The summed E-state index contributed by atoms with van der Waals surface area (Å²) in [5, 5.41) is 12.7. The van der Waals surface area contributed by atoms with E-state index in [9.17, 15) is 5.26 Å². The Labute approximate surface area is 111 Å². The lowest BCUT2D eigenvalue weighted by molar-refractivity contribution is 0.110. The molecule has 1 saturated carbocycles. The molecule has 0 aromatic rings. The van der Waals surface area contributed by atoms with Gasteiger partial charge in [-0.1, -0.05) is 6.92 Å². The van der Waals surface area contributed by atoms with Crippen molar-refractivity contribution in [2.24, 2.45) is 0 Å². The maximum atomic E-state index is 9.34. The predicted octanol–water partition coefficient (Wildman–Crippen LogP) is 1.05. The maximum absolute atomic E-state index is 9.34. The van der Waals surface area contributed by atoms with E-state index in [1.165, 1.54) is 25.9 Å². The number of nitrogens with one attached hydrogen (secondary N) is 1. The molecule has 18 heavy (non-hydrogen) atoms. The third kappa shape index (κ3) is 3.68. The molecule has 0 aromatic carbocycles. The molecule has 2 aliphatic rings. The van der Waals surface area contributed by atoms with Crippen LogP contribution in [0.3, 0.4) is 0 Å². The van der Waals surface area contributed by atoms with Crippen molar-refractivity contribution in [3.05, 3.63) is 0 Å². The molecule has 1 aliphatic heterocycles. The summed E-state index contributed by atoms with van der Waals surface area (Å²) in [6.07, 6.45) is 3.87. The molecule has 0 amide bonds. The summed E-state index contributed by atoms with van der Waals surface area (Å²) < 4.78 is 0. The second-order valence-electron chi connectivity index (χ2n) is 5.91. The fraction of sp³-hybridized carbons (Fsp3) is 0.929. The molecule has 4 nitrogen and oxygen atoms in total. The molecule has 4 heteroatoms. The quantitative estimate of drug-likeness (QED) is 0.765. The molecule has 1 unspecified atom stereocenters. The molecule has 0 bridgehead atoms. The van der Waals surface area contributed by atoms with Crippen LogP contribution >= 0.6 is 0 Å². The number of piperazine rings is 1. The Bertz CT molecular complexity index is 299. The third-order valence-corrected chi connectivity index (χ3v) is 4.02. The van der Waals surface area contributed by atoms with E-state index in [0.29, 0.717) is 0 Å². The average Bonchev–Trinajstić information content (AvgIpc) is 3.22. The first kappa shape index (κ1) is 13.8. The molecule has 0 radical (unpaired) electrons. The van der Waals surface area contributed by atoms with Crippen LogP contribution in [0.2, 0.25) is 0 Å². The zero-order valence-electron chi connectivity index (χ0n) is 11.8. The lowest BCUT2D eigenvalue weighted by atomic mass is 10.0. The van der Waals surface area contributed by atoms with Gasteiger partial charge in [0, 0.05) is 38.8 Å². The van der Waals surface area contributed by atoms with E-state index < -0.39 is 5.54 Å². The highest BCUT2D eigenvalue weighted by Crippen LogP contribution is 2.27. The van der Waals surface area contributed by atoms with Crippen LogP contribution in [-0.4, -0.2) is 60.6 Å². The average molecular weight is 250 g/mol. The van der Waals surface area contributed by atoms with Crippen LogP contribution in [0.1, 0.15) is 33.1 Å². The smallest absolute Gasteiger partial charge is 0.116 e. The van der Waals surface area contributed by atoms with Crippen molar-refractivity contribution in [2.75, 3.05) is 39.3 Å². The van der Waals surface area contributed by atoms with E-state index in [0.717, 1.165) is 38.6 Å². The Morgan fingerprint density at radius 2 is 1.94 bits per heavy atom. The summed E-state index contributed by atoms with van der Waals surface area (Å²) in [5.74, 6) is 0. The molecule has 102 valence electrons. The molecule has 2 rings (SSSR count). The van der Waals surface area contributed by atoms with Crippen molar-refractivity contribution >= 4 is 0 Å². The largest absolute Gasteiger partial charge is 0.299 e. The number of nitriles is 1. The second-order valence-corrected chi connectivity index (χ2v) is 5.91. The summed E-state index contributed by atoms with van der Waals surface area (Å²) >= 11 is 0. The number of nitrogens with zero attached hydrogens (tertiary/aromatic N) is 3. The summed E-state index contributed by atoms with van der Waals surface area (Å²) in [6.45, 7) is 10.5. The van der Waals surface area contributed by atoms with Crippen LogP contribution in [0.25, 0.3) is 0 Å². The van der Waals surface area contributed by atoms with Crippen LogP contribution in [0.15, 0.2) is 0 Å². The monoisotopic (exact) mass is 250 g/mol. The molecule has 1 saturated heterocycles. The van der Waals surface area contributed by atoms with Crippen LogP contribution < -0.4 is 5.32 Å². The van der Waals surface area contributed by atoms with Crippen molar-refractivity contribution in [3.63, 3.8) is 0 Å². The molecule has 0 spiro atoms. The fourth-order valence-corrected chi connectivity index (χ4v) is 2.71. The number of hydrogen-bond acceptors (Lipinski definition) is 4. The summed E-state index contributed by atoms with van der Waals surface area (Å²) in [4.78, 5) is 5.05. The van der Waals surface area contributed by atoms with Crippen molar-refractivity contribution in [2.45, 2.75) is 44.7 Å². The highest BCUT2D eigenvalue weighted by Gasteiger charge is 2.33. The van der Waals surface area contributed by atoms with Gasteiger partial charge in [0.2, 0.25) is 0 Å². The summed E-state index contributed by atoms with van der Waals surface area (Å²) in [7, 11) is 0. The van der Waals surface area contributed by atoms with Gasteiger partial charge in [0.1, 0.15) is 5.54 Å². The van der Waals surface area contributed by atoms with Crippen molar-refractivity contribution < 1.29 is 0 Å². The van der Waals surface area contributed by atoms with Crippen molar-refractivity contribution in [1.82, 2.24) is 15.1 Å². The molecule has 1 aliphatic carbocycles. The van der Waals surface area contributed by atoms with Gasteiger partial charge in [-0.2, -0.15) is 5.26 Å². The lowest BCUT2D eigenvalue weighted by Crippen LogP contribution is -2.55. The zero-order chi connectivity index (χ0) is 13.0. The van der Waals surface area contributed by atoms with Crippen LogP contribution in [-0.2, 0) is 0 Å². The van der Waals surface area contributed by atoms with Gasteiger partial charge >= 0.3 is 0 Å². The highest BCUT2D eigenvalue weighted by molar-refractivity contribution is 5.06. The zero-order valence-corrected chi connectivity index (χ0v) is 11.8. The van der Waals surface area contributed by atoms with E-state index >= 15 is 0 Å². The Balaban J connectivity index is 1.76. The van der Waals surface area contributed by atoms with E-state index in [-0.39, 0.29) is 0 Å². The molecule has 1 heterocycles. The van der Waals surface area contributed by atoms with E-state index in [1.54, 1.807) is 0 Å². The molecule has 2 fully saturated rings. The SMILES string of the molecule is CCCNC(C)(C#N)CN1CCN(C2CC2)CC1. The van der Waals surface area contributed by atoms with Crippen molar-refractivity contribution in [1.29, 1.82) is 5.26 Å². The maximum Gasteiger partial charge on any atom is 0.116 e. The Morgan fingerprint density at radius 3 is 2.44 bits per heavy atom. The minimum absolute atomic E-state index is 0.391. The first-order valence-corrected chi connectivity index (χ1v) is 7.29. The summed E-state index contributed by atoms with van der Waals surface area (Å²) in [6, 6.07) is 3.32. The number of hydrogen-bond donors (Lipinski definition) is 1. The predicted molar refractivity (Wildman–Crippen MR) is 73.3 cm³/mol. The third-order valence-electron chi connectivity index (χ3n) is 4.02. The summed E-state index contributed by atoms with van der Waals surface area (Å²) in [5.41, 5.74) is -0.391. The second kappa shape index (κ2) is 6.01.